The molecule has 3 aromatic rings. The maximum atomic E-state index is 12.8. The van der Waals surface area contributed by atoms with Gasteiger partial charge in [0, 0.05) is 24.4 Å². The quantitative estimate of drug-likeness (QED) is 0.456. The Morgan fingerprint density at radius 1 is 1.28 bits per heavy atom. The Kier molecular flexibility index (Phi) is 7.34. The number of rotatable bonds is 10. The minimum atomic E-state index is -0.833. The number of aromatic nitrogens is 2. The normalized spacial score (nSPS) is 14.1. The molecule has 4 rings (SSSR count). The molecule has 0 saturated heterocycles. The SMILES string of the molecule is CCCC(=O)OC[C@H](O)CN(Cc1ccccc1)Cc1nc2sc3c(c2c(=O)[nH]1)CCC3. The van der Waals surface area contributed by atoms with Crippen LogP contribution in [0.5, 0.6) is 0 Å². The predicted molar refractivity (Wildman–Crippen MR) is 125 cm³/mol. The molecule has 7 nitrogen and oxygen atoms in total. The lowest BCUT2D eigenvalue weighted by Crippen LogP contribution is -2.35. The fraction of sp³-hybridized carbons (Fsp3) is 0.458. The summed E-state index contributed by atoms with van der Waals surface area (Å²) in [5.74, 6) is 0.275. The summed E-state index contributed by atoms with van der Waals surface area (Å²) in [4.78, 5) is 36.2. The average molecular weight is 456 g/mol. The van der Waals surface area contributed by atoms with Crippen LogP contribution in [0.2, 0.25) is 0 Å². The van der Waals surface area contributed by atoms with Crippen molar-refractivity contribution in [1.29, 1.82) is 0 Å². The third kappa shape index (κ3) is 5.43. The van der Waals surface area contributed by atoms with Gasteiger partial charge in [-0.05, 0) is 36.8 Å². The summed E-state index contributed by atoms with van der Waals surface area (Å²) in [7, 11) is 0. The highest BCUT2D eigenvalue weighted by molar-refractivity contribution is 7.18. The number of hydrogen-bond donors (Lipinski definition) is 2. The molecular formula is C24H29N3O4S. The van der Waals surface area contributed by atoms with Gasteiger partial charge in [-0.3, -0.25) is 14.5 Å². The second kappa shape index (κ2) is 10.4. The van der Waals surface area contributed by atoms with E-state index in [-0.39, 0.29) is 24.7 Å². The number of carbonyl (C=O) groups is 1. The Morgan fingerprint density at radius 2 is 2.09 bits per heavy atom. The van der Waals surface area contributed by atoms with Gasteiger partial charge >= 0.3 is 5.97 Å². The summed E-state index contributed by atoms with van der Waals surface area (Å²) in [5.41, 5.74) is 2.16. The van der Waals surface area contributed by atoms with Gasteiger partial charge in [0.1, 0.15) is 23.4 Å². The summed E-state index contributed by atoms with van der Waals surface area (Å²) >= 11 is 1.62. The van der Waals surface area contributed by atoms with Crippen molar-refractivity contribution in [1.82, 2.24) is 14.9 Å². The highest BCUT2D eigenvalue weighted by Crippen LogP contribution is 2.34. The van der Waals surface area contributed by atoms with Gasteiger partial charge < -0.3 is 14.8 Å². The van der Waals surface area contributed by atoms with E-state index in [0.29, 0.717) is 31.8 Å². The maximum Gasteiger partial charge on any atom is 0.305 e. The Bertz CT molecular complexity index is 1130. The molecule has 0 fully saturated rings. The number of nitrogens with one attached hydrogen (secondary N) is 1. The first-order valence-corrected chi connectivity index (χ1v) is 12.0. The van der Waals surface area contributed by atoms with Crippen LogP contribution in [0.3, 0.4) is 0 Å². The third-order valence-electron chi connectivity index (χ3n) is 5.61. The fourth-order valence-electron chi connectivity index (χ4n) is 4.18. The van der Waals surface area contributed by atoms with E-state index in [2.05, 4.69) is 4.98 Å². The Morgan fingerprint density at radius 3 is 2.88 bits per heavy atom. The molecule has 0 unspecified atom stereocenters. The first kappa shape index (κ1) is 22.6. The minimum Gasteiger partial charge on any atom is -0.463 e. The van der Waals surface area contributed by atoms with E-state index in [1.807, 2.05) is 42.2 Å². The first-order chi connectivity index (χ1) is 15.5. The molecule has 0 aliphatic heterocycles. The van der Waals surface area contributed by atoms with E-state index in [9.17, 15) is 14.7 Å². The standard InChI is InChI=1S/C24H29N3O4S/c1-2-7-21(29)31-15-17(28)13-27(12-16-8-4-3-5-9-16)14-20-25-23(30)22-18-10-6-11-19(18)32-24(22)26-20/h3-5,8-9,17,28H,2,6-7,10-15H2,1H3,(H,25,26,30)/t17-/m1/s1. The molecule has 170 valence electrons. The largest absolute Gasteiger partial charge is 0.463 e. The number of esters is 1. The molecule has 1 aromatic carbocycles. The van der Waals surface area contributed by atoms with Crippen LogP contribution in [0.25, 0.3) is 10.2 Å². The van der Waals surface area contributed by atoms with Crippen molar-refractivity contribution in [3.63, 3.8) is 0 Å². The lowest BCUT2D eigenvalue weighted by Gasteiger charge is -2.24. The number of carbonyl (C=O) groups excluding carboxylic acids is 1. The topological polar surface area (TPSA) is 95.5 Å². The van der Waals surface area contributed by atoms with Crippen LogP contribution in [-0.2, 0) is 35.5 Å². The van der Waals surface area contributed by atoms with Crippen molar-refractivity contribution in [3.8, 4) is 0 Å². The monoisotopic (exact) mass is 455 g/mol. The summed E-state index contributed by atoms with van der Waals surface area (Å²) < 4.78 is 5.17. The number of aliphatic hydroxyl groups excluding tert-OH is 1. The highest BCUT2D eigenvalue weighted by atomic mass is 32.1. The number of fused-ring (bicyclic) bond motifs is 3. The van der Waals surface area contributed by atoms with E-state index in [0.717, 1.165) is 40.6 Å². The van der Waals surface area contributed by atoms with Crippen molar-refractivity contribution in [2.24, 2.45) is 0 Å². The zero-order valence-corrected chi connectivity index (χ0v) is 19.1. The Hall–Kier alpha value is -2.55. The smallest absolute Gasteiger partial charge is 0.305 e. The number of aryl methyl sites for hydroxylation is 2. The van der Waals surface area contributed by atoms with Crippen molar-refractivity contribution < 1.29 is 14.6 Å². The van der Waals surface area contributed by atoms with E-state index in [1.54, 1.807) is 11.3 Å². The van der Waals surface area contributed by atoms with Crippen LogP contribution in [0.4, 0.5) is 0 Å². The fourth-order valence-corrected chi connectivity index (χ4v) is 5.46. The molecular weight excluding hydrogens is 426 g/mol. The molecule has 0 saturated carbocycles. The summed E-state index contributed by atoms with van der Waals surface area (Å²) in [6.07, 6.45) is 3.29. The van der Waals surface area contributed by atoms with Gasteiger partial charge in [0.05, 0.1) is 11.9 Å². The predicted octanol–water partition coefficient (Wildman–Crippen LogP) is 3.18. The zero-order chi connectivity index (χ0) is 22.5. The molecule has 8 heteroatoms. The number of aromatic amines is 1. The van der Waals surface area contributed by atoms with Gasteiger partial charge in [0.2, 0.25) is 0 Å². The summed E-state index contributed by atoms with van der Waals surface area (Å²) in [6, 6.07) is 9.93. The van der Waals surface area contributed by atoms with Crippen molar-refractivity contribution in [3.05, 3.63) is 62.5 Å². The second-order valence-corrected chi connectivity index (χ2v) is 9.38. The molecule has 32 heavy (non-hydrogen) atoms. The van der Waals surface area contributed by atoms with Gasteiger partial charge in [0.15, 0.2) is 0 Å². The average Bonchev–Trinajstić information content (AvgIpc) is 3.34. The van der Waals surface area contributed by atoms with Gasteiger partial charge in [-0.15, -0.1) is 11.3 Å². The lowest BCUT2D eigenvalue weighted by atomic mass is 10.2. The van der Waals surface area contributed by atoms with Gasteiger partial charge in [-0.1, -0.05) is 37.3 Å². The van der Waals surface area contributed by atoms with Crippen LogP contribution in [-0.4, -0.2) is 45.2 Å². The van der Waals surface area contributed by atoms with E-state index in [4.69, 9.17) is 9.72 Å². The minimum absolute atomic E-state index is 0.0508. The van der Waals surface area contributed by atoms with Crippen LogP contribution >= 0.6 is 11.3 Å². The number of ether oxygens (including phenoxy) is 1. The molecule has 1 atom stereocenters. The zero-order valence-electron chi connectivity index (χ0n) is 18.3. The number of hydrogen-bond acceptors (Lipinski definition) is 7. The molecule has 1 aliphatic rings. The maximum absolute atomic E-state index is 12.8. The molecule has 0 amide bonds. The molecule has 0 spiro atoms. The van der Waals surface area contributed by atoms with E-state index < -0.39 is 6.10 Å². The highest BCUT2D eigenvalue weighted by Gasteiger charge is 2.22. The van der Waals surface area contributed by atoms with Gasteiger partial charge in [-0.25, -0.2) is 4.98 Å². The number of H-pyrrole nitrogens is 1. The Labute approximate surface area is 191 Å². The number of nitrogens with zero attached hydrogens (tertiary/aromatic N) is 2. The van der Waals surface area contributed by atoms with E-state index in [1.165, 1.54) is 4.88 Å². The Balaban J connectivity index is 1.50. The van der Waals surface area contributed by atoms with Crippen LogP contribution in [0.15, 0.2) is 35.1 Å². The van der Waals surface area contributed by atoms with Crippen LogP contribution < -0.4 is 5.56 Å². The molecule has 1 aliphatic carbocycles. The number of benzene rings is 1. The summed E-state index contributed by atoms with van der Waals surface area (Å²) in [6.45, 7) is 3.10. The van der Waals surface area contributed by atoms with Crippen molar-refractivity contribution >= 4 is 27.5 Å². The molecule has 2 heterocycles. The van der Waals surface area contributed by atoms with Crippen LogP contribution in [0, 0.1) is 0 Å². The molecule has 0 radical (unpaired) electrons. The van der Waals surface area contributed by atoms with E-state index >= 15 is 0 Å². The molecule has 2 N–H and O–H groups in total. The van der Waals surface area contributed by atoms with Crippen LogP contribution in [0.1, 0.15) is 48.0 Å². The molecule has 0 bridgehead atoms. The number of aliphatic hydroxyl groups is 1. The second-order valence-electron chi connectivity index (χ2n) is 8.29. The third-order valence-corrected chi connectivity index (χ3v) is 6.79. The van der Waals surface area contributed by atoms with Crippen molar-refractivity contribution in [2.75, 3.05) is 13.2 Å². The van der Waals surface area contributed by atoms with Crippen molar-refractivity contribution in [2.45, 2.75) is 58.2 Å². The molecule has 2 aromatic heterocycles. The van der Waals surface area contributed by atoms with Gasteiger partial charge in [-0.2, -0.15) is 0 Å². The lowest BCUT2D eigenvalue weighted by molar-refractivity contribution is -0.147. The number of thiophene rings is 1. The van der Waals surface area contributed by atoms with Gasteiger partial charge in [0.25, 0.3) is 5.56 Å². The summed E-state index contributed by atoms with van der Waals surface area (Å²) in [5, 5.41) is 11.2. The first-order valence-electron chi connectivity index (χ1n) is 11.2.